The number of nitrogens with one attached hydrogen (secondary N) is 7. The van der Waals surface area contributed by atoms with Crippen LogP contribution < -0.4 is 37.2 Å². The van der Waals surface area contributed by atoms with E-state index in [0.717, 1.165) is 41.5 Å². The number of hydrogen-bond donors (Lipinski definition) is 8. The minimum atomic E-state index is -1.17. The summed E-state index contributed by atoms with van der Waals surface area (Å²) in [4.78, 5) is 171. The summed E-state index contributed by atoms with van der Waals surface area (Å²) < 4.78 is 25.6. The molecule has 27 heteroatoms. The van der Waals surface area contributed by atoms with Crippen LogP contribution in [0.3, 0.4) is 0 Å². The maximum Gasteiger partial charge on any atom is 0.408 e. The molecule has 0 aromatic heterocycles. The van der Waals surface area contributed by atoms with Crippen molar-refractivity contribution in [1.82, 2.24) is 42.1 Å². The Hall–Kier alpha value is -10.2. The Morgan fingerprint density at radius 2 is 0.774 bits per heavy atom. The summed E-state index contributed by atoms with van der Waals surface area (Å²) in [7, 11) is 2.70. The number of carbonyl (C=O) groups excluding carboxylic acids is 12. The van der Waals surface area contributed by atoms with E-state index in [1.807, 2.05) is 184 Å². The third-order valence-corrected chi connectivity index (χ3v) is 22.4. The molecule has 1 saturated carbocycles. The number of aliphatic carboxylic acids is 1. The normalized spacial score (nSPS) is 16.1. The fourth-order valence-corrected chi connectivity index (χ4v) is 15.0. The molecule has 1 aliphatic heterocycles. The van der Waals surface area contributed by atoms with E-state index >= 15 is 0 Å². The number of unbranched alkanes of at least 4 members (excludes halogenated alkanes) is 2. The standard InChI is InChI=1S/C46H68N4O8.C38H55N3O7.C13H23NO4/c1-31(2)28-36(30-39(51)38(29-34-18-12-10-13-19-34)49-40(52)33(4)32(3)35-20-14-11-15-21-35)41(53)48-37(22-16-17-25-47-44(56)58-45(5,6)7)42(54)50-26-23-46(8,24-27-50)43(55)57-9;1-25(2)22-30(35(44)40-31(36(45)46)20-14-15-21-39-37(47)48-38(5,6)7)24-33(42)32(23-28-16-10-8-11-17-28)41-34(43)27(4)26(3)29-18-12-9-13-19-29;1-12(2,3)18-11(16)14-13(10(15)17-4)8-6-5-7-9-13/h10-15,18-21,31-33,36-38H,16-17,22-30H2,1-9H3,(H,47,56)(H,48,53)(H,49,52);8-13,16-19,25-27,30-32H,14-15,20-24H2,1-7H3,(H,39,47)(H,40,44)(H,41,43)(H,45,46);5-9H2,1-4H3,(H,14,16)/t32-,33+,36-,37+,38+;26-,27+,30-,31+,32+;/m00./s1. The third kappa shape index (κ3) is 38.9. The quantitative estimate of drug-likeness (QED) is 0.0116. The van der Waals surface area contributed by atoms with Gasteiger partial charge in [0.1, 0.15) is 34.4 Å². The van der Waals surface area contributed by atoms with Crippen LogP contribution in [0.4, 0.5) is 14.4 Å². The molecule has 0 unspecified atom stereocenters. The lowest BCUT2D eigenvalue weighted by Crippen LogP contribution is -2.57. The van der Waals surface area contributed by atoms with E-state index in [9.17, 15) is 67.4 Å². The van der Waals surface area contributed by atoms with Crippen molar-refractivity contribution < 1.29 is 91.1 Å². The number of piperidine rings is 1. The number of ketones is 2. The first-order chi connectivity index (χ1) is 58.2. The van der Waals surface area contributed by atoms with Crippen LogP contribution in [0.5, 0.6) is 0 Å². The van der Waals surface area contributed by atoms with Gasteiger partial charge in [0.15, 0.2) is 11.6 Å². The molecular formula is C97H146N8O19. The molecule has 2 aliphatic rings. The molecule has 688 valence electrons. The topological polar surface area (TPSA) is 376 Å². The van der Waals surface area contributed by atoms with Crippen LogP contribution in [0.2, 0.25) is 0 Å². The number of rotatable bonds is 41. The van der Waals surface area contributed by atoms with Crippen LogP contribution >= 0.6 is 0 Å². The summed E-state index contributed by atoms with van der Waals surface area (Å²) >= 11 is 0. The van der Waals surface area contributed by atoms with Crippen LogP contribution in [0.25, 0.3) is 0 Å². The average molecular weight is 1730 g/mol. The molecular weight excluding hydrogens is 1580 g/mol. The van der Waals surface area contributed by atoms with Crippen LogP contribution in [0, 0.1) is 40.9 Å². The summed E-state index contributed by atoms with van der Waals surface area (Å²) in [5.74, 6) is -6.50. The number of amides is 8. The van der Waals surface area contributed by atoms with Crippen LogP contribution in [-0.2, 0) is 84.5 Å². The predicted molar refractivity (Wildman–Crippen MR) is 478 cm³/mol. The summed E-state index contributed by atoms with van der Waals surface area (Å²) in [6.45, 7) is 34.6. The minimum Gasteiger partial charge on any atom is -0.480 e. The number of esters is 2. The molecule has 8 amide bonds. The Balaban J connectivity index is 0.000000438. The number of nitrogens with zero attached hydrogens (tertiary/aromatic N) is 1. The van der Waals surface area contributed by atoms with Crippen molar-refractivity contribution in [1.29, 1.82) is 0 Å². The van der Waals surface area contributed by atoms with Crippen LogP contribution in [0.1, 0.15) is 268 Å². The molecule has 6 rings (SSSR count). The Morgan fingerprint density at radius 3 is 1.13 bits per heavy atom. The number of Topliss-reactive ketones (excluding diaryl/α,β-unsaturated/α-hetero) is 2. The fraction of sp³-hybridized carbons (Fsp3) is 0.619. The molecule has 0 bridgehead atoms. The highest BCUT2D eigenvalue weighted by atomic mass is 16.6. The second-order valence-electron chi connectivity index (χ2n) is 37.4. The molecule has 4 aromatic rings. The van der Waals surface area contributed by atoms with Crippen molar-refractivity contribution in [2.24, 2.45) is 40.9 Å². The lowest BCUT2D eigenvalue weighted by molar-refractivity contribution is -0.156. The number of hydrogen-bond acceptors (Lipinski definition) is 18. The van der Waals surface area contributed by atoms with E-state index in [4.69, 9.17) is 23.7 Å². The van der Waals surface area contributed by atoms with Gasteiger partial charge in [0.05, 0.1) is 31.7 Å². The van der Waals surface area contributed by atoms with Gasteiger partial charge in [0.25, 0.3) is 0 Å². The summed E-state index contributed by atoms with van der Waals surface area (Å²) in [5.41, 5.74) is 0.355. The highest BCUT2D eigenvalue weighted by Gasteiger charge is 2.45. The zero-order valence-corrected chi connectivity index (χ0v) is 77.5. The Bertz CT molecular complexity index is 4020. The smallest absolute Gasteiger partial charge is 0.408 e. The van der Waals surface area contributed by atoms with E-state index in [0.29, 0.717) is 96.8 Å². The van der Waals surface area contributed by atoms with Gasteiger partial charge in [-0.25, -0.2) is 24.0 Å². The van der Waals surface area contributed by atoms with Gasteiger partial charge < -0.3 is 70.9 Å². The van der Waals surface area contributed by atoms with E-state index in [1.54, 1.807) is 67.2 Å². The molecule has 8 N–H and O–H groups in total. The van der Waals surface area contributed by atoms with Crippen molar-refractivity contribution in [3.05, 3.63) is 144 Å². The number of likely N-dealkylation sites (tertiary alicyclic amines) is 1. The van der Waals surface area contributed by atoms with Crippen molar-refractivity contribution in [3.63, 3.8) is 0 Å². The molecule has 0 spiro atoms. The highest BCUT2D eigenvalue weighted by Crippen LogP contribution is 2.35. The minimum absolute atomic E-state index is 0.0589. The van der Waals surface area contributed by atoms with Gasteiger partial charge in [-0.05, 0) is 205 Å². The number of carboxylic acids is 1. The summed E-state index contributed by atoms with van der Waals surface area (Å²) in [5, 5.41) is 29.6. The number of methoxy groups -OCH3 is 2. The molecule has 0 radical (unpaired) electrons. The van der Waals surface area contributed by atoms with Crippen LogP contribution in [-0.4, -0.2) is 174 Å². The number of carbonyl (C=O) groups is 13. The molecule has 27 nitrogen and oxygen atoms in total. The van der Waals surface area contributed by atoms with E-state index in [-0.39, 0.29) is 97.0 Å². The monoisotopic (exact) mass is 1730 g/mol. The molecule has 1 aliphatic carbocycles. The first-order valence-electron chi connectivity index (χ1n) is 44.3. The molecule has 4 aromatic carbocycles. The number of alkyl carbamates (subject to hydrolysis) is 3. The summed E-state index contributed by atoms with van der Waals surface area (Å²) in [6.07, 6.45) is 6.81. The zero-order valence-electron chi connectivity index (χ0n) is 77.5. The van der Waals surface area contributed by atoms with Crippen molar-refractivity contribution in [2.75, 3.05) is 40.4 Å². The first kappa shape index (κ1) is 106. The van der Waals surface area contributed by atoms with Gasteiger partial charge in [-0.15, -0.1) is 0 Å². The van der Waals surface area contributed by atoms with Gasteiger partial charge >= 0.3 is 36.2 Å². The molecule has 10 atom stereocenters. The average Bonchev–Trinajstić information content (AvgIpc) is 0.811. The lowest BCUT2D eigenvalue weighted by Gasteiger charge is -2.38. The predicted octanol–water partition coefficient (Wildman–Crippen LogP) is 15.2. The fourth-order valence-electron chi connectivity index (χ4n) is 15.0. The van der Waals surface area contributed by atoms with E-state index in [2.05, 4.69) is 37.2 Å². The number of benzene rings is 4. The van der Waals surface area contributed by atoms with Gasteiger partial charge in [0.2, 0.25) is 29.5 Å². The maximum absolute atomic E-state index is 14.3. The highest BCUT2D eigenvalue weighted by molar-refractivity contribution is 5.96. The Morgan fingerprint density at radius 1 is 0.427 bits per heavy atom. The Kier molecular flexibility index (Phi) is 44.4. The number of ether oxygens (including phenoxy) is 5. The summed E-state index contributed by atoms with van der Waals surface area (Å²) in [6, 6.07) is 34.6. The van der Waals surface area contributed by atoms with Crippen molar-refractivity contribution in [2.45, 2.75) is 305 Å². The molecule has 2 fully saturated rings. The molecule has 124 heavy (non-hydrogen) atoms. The SMILES string of the molecule is CC(C)C[C@@H](CC(=O)[C@@H](Cc1ccccc1)NC(=O)[C@H](C)[C@H](C)c1ccccc1)C(=O)N[C@H](CCCCNC(=O)OC(C)(C)C)C(=O)O.COC(=O)C1(C)CCN(C(=O)[C@@H](CCCCNC(=O)OC(C)(C)C)NC(=O)[C@H](CC(=O)[C@@H](Cc2ccccc2)NC(=O)[C@H](C)[C@H](C)c2ccccc2)CC(C)C)CC1.COC(=O)C1(NC(=O)OC(C)(C)C)CCCCC1. The number of carboxylic acid groups (broad SMARTS) is 1. The van der Waals surface area contributed by atoms with E-state index < -0.39 is 112 Å². The lowest BCUT2D eigenvalue weighted by atomic mass is 9.80. The molecule has 1 heterocycles. The van der Waals surface area contributed by atoms with Crippen LogP contribution in [0.15, 0.2) is 121 Å². The van der Waals surface area contributed by atoms with Gasteiger partial charge in [-0.3, -0.25) is 38.4 Å². The Labute approximate surface area is 736 Å². The second-order valence-corrected chi connectivity index (χ2v) is 37.4. The van der Waals surface area contributed by atoms with Crippen molar-refractivity contribution >= 4 is 77.3 Å². The van der Waals surface area contributed by atoms with E-state index in [1.165, 1.54) is 14.2 Å². The van der Waals surface area contributed by atoms with Gasteiger partial charge in [-0.2, -0.15) is 0 Å². The largest absolute Gasteiger partial charge is 0.480 e. The van der Waals surface area contributed by atoms with Gasteiger partial charge in [0, 0.05) is 62.7 Å². The first-order valence-corrected chi connectivity index (χ1v) is 44.3. The zero-order chi connectivity index (χ0) is 92.7. The third-order valence-electron chi connectivity index (χ3n) is 22.4. The molecule has 1 saturated heterocycles. The van der Waals surface area contributed by atoms with Gasteiger partial charge in [-0.1, -0.05) is 196 Å². The maximum atomic E-state index is 14.3. The second kappa shape index (κ2) is 51.9. The van der Waals surface area contributed by atoms with Crippen molar-refractivity contribution in [3.8, 4) is 0 Å².